The van der Waals surface area contributed by atoms with Gasteiger partial charge in [-0.05, 0) is 12.1 Å². The number of hydrogen-bond acceptors (Lipinski definition) is 3. The second-order valence-electron chi connectivity index (χ2n) is 2.64. The Morgan fingerprint density at radius 3 is 2.64 bits per heavy atom. The molecule has 0 saturated carbocycles. The molecule has 0 saturated heterocycles. The van der Waals surface area contributed by atoms with Gasteiger partial charge in [0.2, 0.25) is 0 Å². The van der Waals surface area contributed by atoms with E-state index in [1.165, 1.54) is 23.5 Å². The largest absolute Gasteiger partial charge is 0.230 e. The second kappa shape index (κ2) is 3.67. The molecule has 0 fully saturated rings. The van der Waals surface area contributed by atoms with Gasteiger partial charge in [-0.2, -0.15) is 0 Å². The Hall–Kier alpha value is -0.940. The first-order chi connectivity index (χ1) is 6.66. The van der Waals surface area contributed by atoms with Crippen molar-refractivity contribution in [3.8, 4) is 10.6 Å². The minimum atomic E-state index is -0.604. The van der Waals surface area contributed by atoms with Crippen molar-refractivity contribution in [3.05, 3.63) is 35.2 Å². The van der Waals surface area contributed by atoms with Crippen molar-refractivity contribution in [2.45, 2.75) is 5.03 Å². The monoisotopic (exact) mass is 229 g/mol. The van der Waals surface area contributed by atoms with E-state index in [1.807, 2.05) is 0 Å². The highest BCUT2D eigenvalue weighted by atomic mass is 32.1. The zero-order valence-electron chi connectivity index (χ0n) is 6.87. The summed E-state index contributed by atoms with van der Waals surface area (Å²) in [6.07, 6.45) is 0. The van der Waals surface area contributed by atoms with Crippen LogP contribution < -0.4 is 0 Å². The molecule has 2 rings (SSSR count). The molecule has 0 aliphatic rings. The first-order valence-electron chi connectivity index (χ1n) is 3.77. The molecule has 0 N–H and O–H groups in total. The molecule has 0 aliphatic heterocycles. The molecule has 0 bridgehead atoms. The van der Waals surface area contributed by atoms with E-state index in [9.17, 15) is 8.78 Å². The molecule has 0 unspecified atom stereocenters. The first-order valence-corrected chi connectivity index (χ1v) is 5.09. The third-order valence-electron chi connectivity index (χ3n) is 1.65. The Balaban J connectivity index is 2.52. The predicted octanol–water partition coefficient (Wildman–Crippen LogP) is 3.38. The van der Waals surface area contributed by atoms with Gasteiger partial charge >= 0.3 is 0 Å². The quantitative estimate of drug-likeness (QED) is 0.740. The van der Waals surface area contributed by atoms with Crippen molar-refractivity contribution >= 4 is 24.0 Å². The lowest BCUT2D eigenvalue weighted by atomic mass is 10.2. The lowest BCUT2D eigenvalue weighted by molar-refractivity contribution is 0.585. The molecule has 0 atom stereocenters. The predicted molar refractivity (Wildman–Crippen MR) is 54.7 cm³/mol. The van der Waals surface area contributed by atoms with Crippen molar-refractivity contribution in [2.75, 3.05) is 0 Å². The minimum Gasteiger partial charge on any atom is -0.230 e. The average molecular weight is 229 g/mol. The molecule has 1 nitrogen and oxygen atoms in total. The summed E-state index contributed by atoms with van der Waals surface area (Å²) in [5.41, 5.74) is 0.303. The van der Waals surface area contributed by atoms with E-state index < -0.39 is 11.6 Å². The highest BCUT2D eigenvalue weighted by molar-refractivity contribution is 7.80. The van der Waals surface area contributed by atoms with Gasteiger partial charge in [0.05, 0.1) is 0 Å². The molecule has 14 heavy (non-hydrogen) atoms. The van der Waals surface area contributed by atoms with E-state index in [4.69, 9.17) is 0 Å². The number of hydrogen-bond donors (Lipinski definition) is 1. The Morgan fingerprint density at radius 1 is 1.29 bits per heavy atom. The summed E-state index contributed by atoms with van der Waals surface area (Å²) in [6, 6.07) is 3.42. The minimum absolute atomic E-state index is 0.303. The van der Waals surface area contributed by atoms with Crippen LogP contribution in [0.2, 0.25) is 0 Å². The van der Waals surface area contributed by atoms with E-state index in [0.717, 1.165) is 6.07 Å². The number of thiol groups is 1. The van der Waals surface area contributed by atoms with E-state index in [-0.39, 0.29) is 0 Å². The Morgan fingerprint density at radius 2 is 2.07 bits per heavy atom. The van der Waals surface area contributed by atoms with Crippen LogP contribution in [0.3, 0.4) is 0 Å². The molecular weight excluding hydrogens is 224 g/mol. The van der Waals surface area contributed by atoms with E-state index in [1.54, 1.807) is 5.38 Å². The molecule has 2 aromatic rings. The van der Waals surface area contributed by atoms with E-state index >= 15 is 0 Å². The Kier molecular flexibility index (Phi) is 2.52. The molecular formula is C9H5F2NS2. The van der Waals surface area contributed by atoms with Crippen LogP contribution in [0.15, 0.2) is 28.6 Å². The van der Waals surface area contributed by atoms with Gasteiger partial charge in [-0.15, -0.1) is 24.0 Å². The first kappa shape index (κ1) is 9.61. The topological polar surface area (TPSA) is 12.9 Å². The molecule has 1 aromatic heterocycles. The van der Waals surface area contributed by atoms with Crippen molar-refractivity contribution in [2.24, 2.45) is 0 Å². The third kappa shape index (κ3) is 1.78. The van der Waals surface area contributed by atoms with Gasteiger partial charge in [-0.1, -0.05) is 0 Å². The lowest BCUT2D eigenvalue weighted by Crippen LogP contribution is -1.85. The fourth-order valence-electron chi connectivity index (χ4n) is 1.05. The summed E-state index contributed by atoms with van der Waals surface area (Å²) < 4.78 is 25.8. The SMILES string of the molecule is Fc1ccc(-c2nc(S)cs2)c(F)c1. The van der Waals surface area contributed by atoms with E-state index in [2.05, 4.69) is 17.6 Å². The van der Waals surface area contributed by atoms with Gasteiger partial charge in [0.25, 0.3) is 0 Å². The second-order valence-corrected chi connectivity index (χ2v) is 3.95. The van der Waals surface area contributed by atoms with Crippen LogP contribution in [0.25, 0.3) is 10.6 Å². The number of benzene rings is 1. The molecule has 72 valence electrons. The molecule has 0 radical (unpaired) electrons. The Labute approximate surface area is 88.8 Å². The Bertz CT molecular complexity index is 468. The maximum Gasteiger partial charge on any atom is 0.136 e. The molecule has 0 aliphatic carbocycles. The molecule has 1 heterocycles. The highest BCUT2D eigenvalue weighted by Gasteiger charge is 2.09. The van der Waals surface area contributed by atoms with Gasteiger partial charge in [0.1, 0.15) is 21.7 Å². The van der Waals surface area contributed by atoms with Gasteiger partial charge < -0.3 is 0 Å². The summed E-state index contributed by atoms with van der Waals surface area (Å²) in [6.45, 7) is 0. The standard InChI is InChI=1S/C9H5F2NS2/c10-5-1-2-6(7(11)3-5)9-12-8(13)4-14-9/h1-4,13H. The third-order valence-corrected chi connectivity index (χ3v) is 2.93. The van der Waals surface area contributed by atoms with Crippen LogP contribution in [0.5, 0.6) is 0 Å². The number of nitrogens with zero attached hydrogens (tertiary/aromatic N) is 1. The smallest absolute Gasteiger partial charge is 0.136 e. The fraction of sp³-hybridized carbons (Fsp3) is 0. The maximum atomic E-state index is 13.2. The van der Waals surface area contributed by atoms with Crippen molar-refractivity contribution in [3.63, 3.8) is 0 Å². The van der Waals surface area contributed by atoms with Crippen LogP contribution in [-0.2, 0) is 0 Å². The van der Waals surface area contributed by atoms with Gasteiger partial charge in [0, 0.05) is 17.0 Å². The van der Waals surface area contributed by atoms with Crippen molar-refractivity contribution in [1.82, 2.24) is 4.98 Å². The summed E-state index contributed by atoms with van der Waals surface area (Å²) >= 11 is 5.29. The normalized spacial score (nSPS) is 10.5. The number of halogens is 2. The van der Waals surface area contributed by atoms with Crippen LogP contribution in [0.1, 0.15) is 0 Å². The van der Waals surface area contributed by atoms with Crippen LogP contribution in [-0.4, -0.2) is 4.98 Å². The van der Waals surface area contributed by atoms with Gasteiger partial charge in [-0.3, -0.25) is 0 Å². The summed E-state index contributed by atoms with van der Waals surface area (Å²) in [5.74, 6) is -1.19. The average Bonchev–Trinajstić information content (AvgIpc) is 2.51. The number of rotatable bonds is 1. The molecule has 0 spiro atoms. The number of thiazole rings is 1. The highest BCUT2D eigenvalue weighted by Crippen LogP contribution is 2.27. The summed E-state index contributed by atoms with van der Waals surface area (Å²) in [5, 5.41) is 2.74. The van der Waals surface area contributed by atoms with Crippen LogP contribution >= 0.6 is 24.0 Å². The van der Waals surface area contributed by atoms with Gasteiger partial charge in [0.15, 0.2) is 0 Å². The lowest BCUT2D eigenvalue weighted by Gasteiger charge is -1.97. The number of aromatic nitrogens is 1. The molecule has 1 aromatic carbocycles. The van der Waals surface area contributed by atoms with Crippen molar-refractivity contribution in [1.29, 1.82) is 0 Å². The van der Waals surface area contributed by atoms with Gasteiger partial charge in [-0.25, -0.2) is 13.8 Å². The summed E-state index contributed by atoms with van der Waals surface area (Å²) in [4.78, 5) is 3.99. The zero-order valence-corrected chi connectivity index (χ0v) is 8.58. The maximum absolute atomic E-state index is 13.2. The summed E-state index contributed by atoms with van der Waals surface area (Å²) in [7, 11) is 0. The molecule has 5 heteroatoms. The van der Waals surface area contributed by atoms with Crippen molar-refractivity contribution < 1.29 is 8.78 Å². The van der Waals surface area contributed by atoms with Crippen LogP contribution in [0, 0.1) is 11.6 Å². The fourth-order valence-corrected chi connectivity index (χ4v) is 2.09. The molecule has 0 amide bonds. The van der Waals surface area contributed by atoms with Crippen LogP contribution in [0.4, 0.5) is 8.78 Å². The van der Waals surface area contributed by atoms with E-state index in [0.29, 0.717) is 15.6 Å². The zero-order chi connectivity index (χ0) is 10.1.